The maximum Gasteiger partial charge on any atom is 0.252 e. The molecule has 0 aliphatic heterocycles. The minimum absolute atomic E-state index is 0.0529. The molecule has 25 heavy (non-hydrogen) atoms. The van der Waals surface area contributed by atoms with Gasteiger partial charge in [-0.2, -0.15) is 0 Å². The molecule has 1 fully saturated rings. The van der Waals surface area contributed by atoms with E-state index in [4.69, 9.17) is 0 Å². The van der Waals surface area contributed by atoms with Gasteiger partial charge in [-0.3, -0.25) is 9.59 Å². The van der Waals surface area contributed by atoms with Crippen LogP contribution in [0.3, 0.4) is 0 Å². The third-order valence-corrected chi connectivity index (χ3v) is 4.70. The van der Waals surface area contributed by atoms with E-state index in [1.54, 1.807) is 24.3 Å². The molecule has 1 amide bonds. The van der Waals surface area contributed by atoms with Crippen molar-refractivity contribution in [3.63, 3.8) is 0 Å². The van der Waals surface area contributed by atoms with E-state index < -0.39 is 0 Å². The van der Waals surface area contributed by atoms with Crippen molar-refractivity contribution in [3.05, 3.63) is 47.0 Å². The maximum atomic E-state index is 12.5. The molecule has 0 unspecified atom stereocenters. The van der Waals surface area contributed by atoms with Crippen LogP contribution in [0.5, 0.6) is 0 Å². The monoisotopic (exact) mass is 342 g/mol. The van der Waals surface area contributed by atoms with Crippen molar-refractivity contribution in [2.75, 3.05) is 0 Å². The molecule has 0 bridgehead atoms. The number of hydrogen-bond donors (Lipinski definition) is 2. The number of nitrogens with zero attached hydrogens (tertiary/aromatic N) is 3. The Morgan fingerprint density at radius 2 is 1.92 bits per heavy atom. The van der Waals surface area contributed by atoms with E-state index in [2.05, 4.69) is 15.5 Å². The van der Waals surface area contributed by atoms with Gasteiger partial charge in [0.05, 0.1) is 5.56 Å². The van der Waals surface area contributed by atoms with Crippen molar-refractivity contribution in [1.29, 1.82) is 0 Å². The number of aromatic nitrogens is 3. The molecule has 132 valence electrons. The Bertz CT molecular complexity index is 793. The number of carbonyl (C=O) groups is 2. The van der Waals surface area contributed by atoms with Crippen molar-refractivity contribution in [3.8, 4) is 0 Å². The molecule has 0 atom stereocenters. The number of nitrogens with one attached hydrogen (secondary N) is 1. The Kier molecular flexibility index (Phi) is 4.94. The van der Waals surface area contributed by atoms with Gasteiger partial charge in [0.15, 0.2) is 11.6 Å². The number of ketones is 1. The van der Waals surface area contributed by atoms with Gasteiger partial charge in [0.25, 0.3) is 5.91 Å². The van der Waals surface area contributed by atoms with Crippen LogP contribution in [0.2, 0.25) is 0 Å². The number of aliphatic hydroxyl groups is 1. The van der Waals surface area contributed by atoms with Crippen LogP contribution < -0.4 is 5.32 Å². The van der Waals surface area contributed by atoms with Crippen molar-refractivity contribution in [2.45, 2.75) is 51.8 Å². The fourth-order valence-corrected chi connectivity index (χ4v) is 3.31. The van der Waals surface area contributed by atoms with Gasteiger partial charge in [0, 0.05) is 24.1 Å². The third-order valence-electron chi connectivity index (χ3n) is 4.70. The topological polar surface area (TPSA) is 97.1 Å². The highest BCUT2D eigenvalue weighted by Gasteiger charge is 2.35. The molecular formula is C18H22N4O3. The molecular weight excluding hydrogens is 320 g/mol. The first kappa shape index (κ1) is 17.3. The number of rotatable bonds is 6. The largest absolute Gasteiger partial charge is 0.388 e. The molecule has 3 rings (SSSR count). The summed E-state index contributed by atoms with van der Waals surface area (Å²) in [6.07, 6.45) is 1.55. The number of Topliss-reactive ketones (excluding diaryl/α,β-unsaturated/α-hetero) is 1. The summed E-state index contributed by atoms with van der Waals surface area (Å²) in [5.74, 6) is 1.31. The van der Waals surface area contributed by atoms with Gasteiger partial charge in [0.2, 0.25) is 0 Å². The number of amides is 1. The summed E-state index contributed by atoms with van der Waals surface area (Å²) in [7, 11) is 0. The predicted molar refractivity (Wildman–Crippen MR) is 91.3 cm³/mol. The second-order valence-electron chi connectivity index (χ2n) is 6.32. The van der Waals surface area contributed by atoms with Crippen molar-refractivity contribution < 1.29 is 14.7 Å². The first-order valence-electron chi connectivity index (χ1n) is 8.48. The molecule has 2 N–H and O–H groups in total. The van der Waals surface area contributed by atoms with E-state index in [0.717, 1.165) is 18.7 Å². The molecule has 1 saturated carbocycles. The van der Waals surface area contributed by atoms with Crippen LogP contribution in [0, 0.1) is 0 Å². The van der Waals surface area contributed by atoms with E-state index in [9.17, 15) is 14.7 Å². The van der Waals surface area contributed by atoms with Crippen LogP contribution in [0.1, 0.15) is 65.0 Å². The summed E-state index contributed by atoms with van der Waals surface area (Å²) in [6, 6.07) is 6.90. The Balaban J connectivity index is 1.64. The highest BCUT2D eigenvalue weighted by Crippen LogP contribution is 2.36. The molecule has 1 aromatic carbocycles. The average molecular weight is 342 g/mol. The Labute approximate surface area is 146 Å². The Morgan fingerprint density at radius 3 is 2.52 bits per heavy atom. The quantitative estimate of drug-likeness (QED) is 0.778. The summed E-state index contributed by atoms with van der Waals surface area (Å²) < 4.78 is 1.92. The van der Waals surface area contributed by atoms with Crippen LogP contribution in [0.25, 0.3) is 0 Å². The number of benzene rings is 1. The van der Waals surface area contributed by atoms with Crippen molar-refractivity contribution in [2.24, 2.45) is 0 Å². The Morgan fingerprint density at radius 1 is 1.24 bits per heavy atom. The summed E-state index contributed by atoms with van der Waals surface area (Å²) in [5, 5.41) is 20.5. The lowest BCUT2D eigenvalue weighted by Gasteiger charge is -2.35. The normalized spacial score (nSPS) is 19.3. The zero-order valence-corrected chi connectivity index (χ0v) is 14.4. The highest BCUT2D eigenvalue weighted by molar-refractivity contribution is 6.07. The lowest BCUT2D eigenvalue weighted by molar-refractivity contribution is 0.0896. The van der Waals surface area contributed by atoms with Crippen LogP contribution >= 0.6 is 0 Å². The molecule has 0 radical (unpaired) electrons. The number of aliphatic hydroxyl groups excluding tert-OH is 1. The fraction of sp³-hybridized carbons (Fsp3) is 0.444. The Hall–Kier alpha value is -2.54. The van der Waals surface area contributed by atoms with Crippen LogP contribution in [0.4, 0.5) is 0 Å². The maximum absolute atomic E-state index is 12.5. The lowest BCUT2D eigenvalue weighted by atomic mass is 9.79. The molecule has 1 heterocycles. The first-order valence-corrected chi connectivity index (χ1v) is 8.48. The molecule has 2 aromatic rings. The van der Waals surface area contributed by atoms with Crippen LogP contribution in [-0.2, 0) is 13.2 Å². The standard InChI is InChI=1S/C18H22N4O3/c1-3-22-16(10-23)20-21-17(22)12-8-13(9-12)19-18(25)15-7-5-4-6-14(15)11(2)24/h4-7,12-13,23H,3,8-10H2,1-2H3,(H,19,25). The molecule has 1 aliphatic carbocycles. The second-order valence-corrected chi connectivity index (χ2v) is 6.32. The SMILES string of the molecule is CCn1c(CO)nnc1C1CC(NC(=O)c2ccccc2C(C)=O)C1. The van der Waals surface area contributed by atoms with Gasteiger partial charge in [0.1, 0.15) is 12.4 Å². The molecule has 7 heteroatoms. The molecule has 1 aromatic heterocycles. The average Bonchev–Trinajstić information content (AvgIpc) is 2.99. The number of carbonyl (C=O) groups excluding carboxylic acids is 2. The van der Waals surface area contributed by atoms with Gasteiger partial charge in [-0.15, -0.1) is 10.2 Å². The predicted octanol–water partition coefficient (Wildman–Crippen LogP) is 1.67. The highest BCUT2D eigenvalue weighted by atomic mass is 16.3. The van der Waals surface area contributed by atoms with E-state index in [-0.39, 0.29) is 30.3 Å². The third kappa shape index (κ3) is 3.32. The zero-order valence-electron chi connectivity index (χ0n) is 14.4. The smallest absolute Gasteiger partial charge is 0.252 e. The van der Waals surface area contributed by atoms with E-state index >= 15 is 0 Å². The van der Waals surface area contributed by atoms with E-state index in [0.29, 0.717) is 23.5 Å². The summed E-state index contributed by atoms with van der Waals surface area (Å²) in [5.41, 5.74) is 0.854. The minimum Gasteiger partial charge on any atom is -0.388 e. The van der Waals surface area contributed by atoms with Gasteiger partial charge < -0.3 is 15.0 Å². The molecule has 0 saturated heterocycles. The fourth-order valence-electron chi connectivity index (χ4n) is 3.31. The minimum atomic E-state index is -0.220. The molecule has 1 aliphatic rings. The first-order chi connectivity index (χ1) is 12.0. The van der Waals surface area contributed by atoms with Crippen molar-refractivity contribution in [1.82, 2.24) is 20.1 Å². The summed E-state index contributed by atoms with van der Waals surface area (Å²) in [6.45, 7) is 4.03. The molecule has 0 spiro atoms. The van der Waals surface area contributed by atoms with E-state index in [1.165, 1.54) is 6.92 Å². The van der Waals surface area contributed by atoms with Crippen molar-refractivity contribution >= 4 is 11.7 Å². The molecule has 7 nitrogen and oxygen atoms in total. The summed E-state index contributed by atoms with van der Waals surface area (Å²) in [4.78, 5) is 24.1. The van der Waals surface area contributed by atoms with Crippen LogP contribution in [0.15, 0.2) is 24.3 Å². The van der Waals surface area contributed by atoms with Gasteiger partial charge in [-0.05, 0) is 32.8 Å². The zero-order chi connectivity index (χ0) is 18.0. The van der Waals surface area contributed by atoms with Gasteiger partial charge in [-0.1, -0.05) is 18.2 Å². The summed E-state index contributed by atoms with van der Waals surface area (Å²) >= 11 is 0. The lowest BCUT2D eigenvalue weighted by Crippen LogP contribution is -2.44. The number of hydrogen-bond acceptors (Lipinski definition) is 5. The second kappa shape index (κ2) is 7.14. The van der Waals surface area contributed by atoms with Crippen LogP contribution in [-0.4, -0.2) is 37.6 Å². The van der Waals surface area contributed by atoms with Gasteiger partial charge >= 0.3 is 0 Å². The van der Waals surface area contributed by atoms with E-state index in [1.807, 2.05) is 11.5 Å². The van der Waals surface area contributed by atoms with Gasteiger partial charge in [-0.25, -0.2) is 0 Å².